The number of amides is 1. The Morgan fingerprint density at radius 1 is 1.11 bits per heavy atom. The van der Waals surface area contributed by atoms with Crippen molar-refractivity contribution in [1.82, 2.24) is 9.80 Å². The van der Waals surface area contributed by atoms with Gasteiger partial charge in [-0.25, -0.2) is 0 Å². The largest absolute Gasteiger partial charge is 0.366 e. The summed E-state index contributed by atoms with van der Waals surface area (Å²) in [6.07, 6.45) is 0.713. The molecule has 2 aliphatic heterocycles. The van der Waals surface area contributed by atoms with Crippen LogP contribution in [0, 0.1) is 0 Å². The van der Waals surface area contributed by atoms with E-state index in [0.29, 0.717) is 13.2 Å². The van der Waals surface area contributed by atoms with Gasteiger partial charge in [0.1, 0.15) is 6.10 Å². The second-order valence-electron chi connectivity index (χ2n) is 7.72. The molecule has 148 valence electrons. The van der Waals surface area contributed by atoms with Gasteiger partial charge in [-0.3, -0.25) is 14.6 Å². The van der Waals surface area contributed by atoms with E-state index in [9.17, 15) is 4.79 Å². The molecular weight excluding hydrogens is 350 g/mol. The van der Waals surface area contributed by atoms with Gasteiger partial charge >= 0.3 is 0 Å². The second-order valence-corrected chi connectivity index (χ2v) is 7.72. The molecule has 0 spiro atoms. The van der Waals surface area contributed by atoms with Gasteiger partial charge in [-0.2, -0.15) is 0 Å². The van der Waals surface area contributed by atoms with E-state index in [1.807, 2.05) is 18.2 Å². The minimum atomic E-state index is -0.429. The van der Waals surface area contributed by atoms with E-state index in [1.54, 1.807) is 0 Å². The van der Waals surface area contributed by atoms with Gasteiger partial charge in [-0.05, 0) is 35.7 Å². The summed E-state index contributed by atoms with van der Waals surface area (Å²) in [6.45, 7) is 8.07. The monoisotopic (exact) mass is 379 g/mol. The van der Waals surface area contributed by atoms with Crippen molar-refractivity contribution >= 4 is 11.6 Å². The van der Waals surface area contributed by atoms with Crippen LogP contribution in [0.15, 0.2) is 48.5 Å². The third-order valence-electron chi connectivity index (χ3n) is 5.54. The highest BCUT2D eigenvalue weighted by Crippen LogP contribution is 2.29. The van der Waals surface area contributed by atoms with Crippen molar-refractivity contribution in [2.75, 3.05) is 31.6 Å². The van der Waals surface area contributed by atoms with E-state index in [-0.39, 0.29) is 5.91 Å². The molecule has 0 radical (unpaired) electrons. The van der Waals surface area contributed by atoms with Gasteiger partial charge in [0.25, 0.3) is 5.91 Å². The van der Waals surface area contributed by atoms with E-state index >= 15 is 0 Å². The molecule has 1 amide bonds. The zero-order valence-electron chi connectivity index (χ0n) is 16.6. The van der Waals surface area contributed by atoms with Crippen molar-refractivity contribution in [3.05, 3.63) is 65.2 Å². The highest BCUT2D eigenvalue weighted by Gasteiger charge is 2.28. The van der Waals surface area contributed by atoms with Crippen molar-refractivity contribution in [3.8, 4) is 0 Å². The molecule has 5 nitrogen and oxygen atoms in total. The lowest BCUT2D eigenvalue weighted by Gasteiger charge is -2.32. The van der Waals surface area contributed by atoms with Crippen LogP contribution in [0.2, 0.25) is 0 Å². The lowest BCUT2D eigenvalue weighted by molar-refractivity contribution is -0.133. The van der Waals surface area contributed by atoms with E-state index in [0.717, 1.165) is 44.8 Å². The number of anilines is 1. The van der Waals surface area contributed by atoms with Crippen LogP contribution in [0.25, 0.3) is 0 Å². The molecular formula is C23H29N3O2. The molecule has 0 bridgehead atoms. The maximum atomic E-state index is 12.9. The van der Waals surface area contributed by atoms with Gasteiger partial charge < -0.3 is 10.1 Å². The van der Waals surface area contributed by atoms with E-state index in [1.165, 1.54) is 16.7 Å². The first-order valence-electron chi connectivity index (χ1n) is 10.2. The Bertz CT molecular complexity index is 809. The van der Waals surface area contributed by atoms with Crippen LogP contribution in [0.5, 0.6) is 0 Å². The fourth-order valence-electron chi connectivity index (χ4n) is 4.14. The molecule has 1 atom stereocenters. The first-order chi connectivity index (χ1) is 13.7. The van der Waals surface area contributed by atoms with Crippen LogP contribution in [-0.4, -0.2) is 48.1 Å². The first-order valence-corrected chi connectivity index (χ1v) is 10.2. The van der Waals surface area contributed by atoms with E-state index in [2.05, 4.69) is 52.4 Å². The van der Waals surface area contributed by atoms with Crippen LogP contribution >= 0.6 is 0 Å². The molecule has 1 unspecified atom stereocenters. The number of hydrogen-bond donors (Lipinski definition) is 1. The van der Waals surface area contributed by atoms with Crippen molar-refractivity contribution in [3.63, 3.8) is 0 Å². The number of hydrogen-bond acceptors (Lipinski definition) is 4. The molecule has 0 aliphatic carbocycles. The molecule has 1 N–H and O–H groups in total. The fourth-order valence-corrected chi connectivity index (χ4v) is 4.14. The smallest absolute Gasteiger partial charge is 0.254 e. The maximum Gasteiger partial charge on any atom is 0.254 e. The van der Waals surface area contributed by atoms with Gasteiger partial charge in [-0.15, -0.1) is 0 Å². The third-order valence-corrected chi connectivity index (χ3v) is 5.54. The van der Waals surface area contributed by atoms with Crippen molar-refractivity contribution in [2.45, 2.75) is 39.1 Å². The number of ether oxygens (including phenoxy) is 1. The molecule has 0 saturated carbocycles. The number of rotatable bonds is 6. The number of nitrogens with zero attached hydrogens (tertiary/aromatic N) is 2. The predicted molar refractivity (Wildman–Crippen MR) is 111 cm³/mol. The number of nitrogens with one attached hydrogen (secondary N) is 1. The fraction of sp³-hybridized carbons (Fsp3) is 0.435. The molecule has 4 rings (SSSR count). The number of benzene rings is 2. The van der Waals surface area contributed by atoms with Gasteiger partial charge in [0.05, 0.1) is 6.61 Å². The molecule has 1 fully saturated rings. The highest BCUT2D eigenvalue weighted by atomic mass is 16.5. The second kappa shape index (κ2) is 8.86. The summed E-state index contributed by atoms with van der Waals surface area (Å²) in [4.78, 5) is 17.6. The van der Waals surface area contributed by atoms with Crippen LogP contribution in [-0.2, 0) is 29.2 Å². The Hall–Kier alpha value is -2.21. The van der Waals surface area contributed by atoms with Crippen LogP contribution in [0.3, 0.4) is 0 Å². The predicted octanol–water partition coefficient (Wildman–Crippen LogP) is 3.25. The molecule has 5 heteroatoms. The zero-order valence-corrected chi connectivity index (χ0v) is 16.6. The molecule has 28 heavy (non-hydrogen) atoms. The SMILES string of the molecule is CCCN1Cc2cccc(NC(=O)C3CN(Cc4ccccc4)CCO3)c2C1. The summed E-state index contributed by atoms with van der Waals surface area (Å²) in [5.74, 6) is -0.0416. The standard InChI is InChI=1S/C23H29N3O2/c1-2-11-25-15-19-9-6-10-21(20(19)16-25)24-23(27)22-17-26(12-13-28-22)14-18-7-4-3-5-8-18/h3-10,22H,2,11-17H2,1H3,(H,24,27). The van der Waals surface area contributed by atoms with Gasteiger partial charge in [0.2, 0.25) is 0 Å². The molecule has 0 aromatic heterocycles. The van der Waals surface area contributed by atoms with Crippen molar-refractivity contribution in [2.24, 2.45) is 0 Å². The highest BCUT2D eigenvalue weighted by molar-refractivity contribution is 5.95. The van der Waals surface area contributed by atoms with Crippen LogP contribution < -0.4 is 5.32 Å². The lowest BCUT2D eigenvalue weighted by Crippen LogP contribution is -2.47. The summed E-state index contributed by atoms with van der Waals surface area (Å²) in [6, 6.07) is 16.6. The minimum absolute atomic E-state index is 0.0416. The van der Waals surface area contributed by atoms with E-state index < -0.39 is 6.10 Å². The average Bonchev–Trinajstić information content (AvgIpc) is 3.13. The first kappa shape index (κ1) is 19.1. The number of carbonyl (C=O) groups is 1. The minimum Gasteiger partial charge on any atom is -0.366 e. The zero-order chi connectivity index (χ0) is 19.3. The maximum absolute atomic E-state index is 12.9. The van der Waals surface area contributed by atoms with Gasteiger partial charge in [-0.1, -0.05) is 49.4 Å². The van der Waals surface area contributed by atoms with Gasteiger partial charge in [0, 0.05) is 38.4 Å². The summed E-state index contributed by atoms with van der Waals surface area (Å²) in [5.41, 5.74) is 4.77. The molecule has 2 heterocycles. The van der Waals surface area contributed by atoms with E-state index in [4.69, 9.17) is 4.74 Å². The Balaban J connectivity index is 1.39. The van der Waals surface area contributed by atoms with Crippen LogP contribution in [0.1, 0.15) is 30.0 Å². The van der Waals surface area contributed by atoms with Crippen molar-refractivity contribution < 1.29 is 9.53 Å². The lowest BCUT2D eigenvalue weighted by atomic mass is 10.1. The summed E-state index contributed by atoms with van der Waals surface area (Å²) in [7, 11) is 0. The van der Waals surface area contributed by atoms with Crippen molar-refractivity contribution in [1.29, 1.82) is 0 Å². The molecule has 2 aromatic rings. The quantitative estimate of drug-likeness (QED) is 0.837. The summed E-state index contributed by atoms with van der Waals surface area (Å²) < 4.78 is 5.79. The Morgan fingerprint density at radius 3 is 2.79 bits per heavy atom. The Morgan fingerprint density at radius 2 is 1.96 bits per heavy atom. The third kappa shape index (κ3) is 4.43. The Labute approximate surface area is 167 Å². The Kier molecular flexibility index (Phi) is 6.05. The molecule has 1 saturated heterocycles. The molecule has 2 aliphatic rings. The van der Waals surface area contributed by atoms with Crippen LogP contribution in [0.4, 0.5) is 5.69 Å². The number of morpholine rings is 1. The summed E-state index contributed by atoms with van der Waals surface area (Å²) in [5, 5.41) is 3.14. The topological polar surface area (TPSA) is 44.8 Å². The number of fused-ring (bicyclic) bond motifs is 1. The molecule has 2 aromatic carbocycles. The summed E-state index contributed by atoms with van der Waals surface area (Å²) >= 11 is 0. The van der Waals surface area contributed by atoms with Gasteiger partial charge in [0.15, 0.2) is 0 Å². The average molecular weight is 380 g/mol. The normalized spacial score (nSPS) is 20.1. The number of carbonyl (C=O) groups excluding carboxylic acids is 1.